The Balaban J connectivity index is 1.70. The van der Waals surface area contributed by atoms with Crippen LogP contribution in [0.25, 0.3) is 0 Å². The van der Waals surface area contributed by atoms with E-state index in [0.717, 1.165) is 16.7 Å². The number of rotatable bonds is 13. The van der Waals surface area contributed by atoms with Crippen LogP contribution in [0.3, 0.4) is 0 Å². The quantitative estimate of drug-likeness (QED) is 0.284. The average Bonchev–Trinajstić information content (AvgIpc) is 2.88. The normalized spacial score (nSPS) is 14.5. The van der Waals surface area contributed by atoms with Crippen LogP contribution in [-0.2, 0) is 34.0 Å². The van der Waals surface area contributed by atoms with Gasteiger partial charge in [0.25, 0.3) is 0 Å². The fourth-order valence-electron chi connectivity index (χ4n) is 3.32. The van der Waals surface area contributed by atoms with Gasteiger partial charge in [0.1, 0.15) is 24.6 Å². The van der Waals surface area contributed by atoms with Crippen molar-refractivity contribution in [1.82, 2.24) is 0 Å². The van der Waals surface area contributed by atoms with Gasteiger partial charge in [0, 0.05) is 5.02 Å². The maximum Gasteiger partial charge on any atom is 0.158 e. The van der Waals surface area contributed by atoms with Crippen LogP contribution in [0.1, 0.15) is 16.7 Å². The molecular weight excluding hydrogens is 456 g/mol. The summed E-state index contributed by atoms with van der Waals surface area (Å²) in [6.07, 6.45) is -2.74. The highest BCUT2D eigenvalue weighted by atomic mass is 35.5. The van der Waals surface area contributed by atoms with E-state index >= 15 is 0 Å². The number of aliphatic hydroxyl groups excluding tert-OH is 3. The second-order valence-electron chi connectivity index (χ2n) is 7.74. The van der Waals surface area contributed by atoms with Crippen LogP contribution in [0.5, 0.6) is 0 Å². The van der Waals surface area contributed by atoms with Gasteiger partial charge in [-0.3, -0.25) is 0 Å². The topological polar surface area (TPSA) is 88.4 Å². The Kier molecular flexibility index (Phi) is 10.4. The molecule has 34 heavy (non-hydrogen) atoms. The van der Waals surface area contributed by atoms with Crippen LogP contribution in [0.4, 0.5) is 0 Å². The van der Waals surface area contributed by atoms with Gasteiger partial charge < -0.3 is 29.5 Å². The molecule has 0 spiro atoms. The van der Waals surface area contributed by atoms with Crippen molar-refractivity contribution in [2.24, 2.45) is 0 Å². The van der Waals surface area contributed by atoms with Gasteiger partial charge in [0.15, 0.2) is 5.76 Å². The van der Waals surface area contributed by atoms with Crippen molar-refractivity contribution in [3.8, 4) is 0 Å². The number of benzene rings is 3. The third-order valence-electron chi connectivity index (χ3n) is 5.13. The molecule has 0 radical (unpaired) electrons. The van der Waals surface area contributed by atoms with E-state index in [-0.39, 0.29) is 26.4 Å². The van der Waals surface area contributed by atoms with E-state index in [1.165, 1.54) is 0 Å². The van der Waals surface area contributed by atoms with Crippen LogP contribution >= 0.6 is 11.6 Å². The molecule has 0 bridgehead atoms. The zero-order valence-corrected chi connectivity index (χ0v) is 19.4. The largest absolute Gasteiger partial charge is 0.512 e. The summed E-state index contributed by atoms with van der Waals surface area (Å²) in [5, 5.41) is 31.5. The van der Waals surface area contributed by atoms with Crippen molar-refractivity contribution in [2.45, 2.75) is 38.1 Å². The zero-order chi connectivity index (χ0) is 24.2. The Morgan fingerprint density at radius 1 is 0.765 bits per heavy atom. The molecule has 0 amide bonds. The van der Waals surface area contributed by atoms with Crippen molar-refractivity contribution in [3.63, 3.8) is 0 Å². The van der Waals surface area contributed by atoms with Crippen molar-refractivity contribution in [3.05, 3.63) is 119 Å². The van der Waals surface area contributed by atoms with Crippen molar-refractivity contribution >= 4 is 11.6 Å². The van der Waals surface area contributed by atoms with E-state index in [2.05, 4.69) is 0 Å². The third kappa shape index (κ3) is 8.17. The summed E-state index contributed by atoms with van der Waals surface area (Å²) in [5.74, 6) is -0.453. The second kappa shape index (κ2) is 13.7. The fraction of sp³-hybridized carbons (Fsp3) is 0.259. The Morgan fingerprint density at radius 2 is 1.29 bits per heavy atom. The maximum atomic E-state index is 11.0. The predicted octanol–water partition coefficient (Wildman–Crippen LogP) is 5.35. The standard InChI is InChI=1S/C27H29ClO6/c28-23-13-11-22(12-14-23)16-32-19-25(31)27(34-18-21-9-5-2-6-10-21)26(24(30)15-29)33-17-20-7-3-1-4-8-20/h1-15,25-27,29-31H,16-19H2/t25-,26-,27-/m1/s1. The minimum atomic E-state index is -1.15. The van der Waals surface area contributed by atoms with Gasteiger partial charge in [-0.25, -0.2) is 0 Å². The molecule has 0 fully saturated rings. The molecule has 180 valence electrons. The van der Waals surface area contributed by atoms with Crippen LogP contribution in [0.2, 0.25) is 5.02 Å². The summed E-state index contributed by atoms with van der Waals surface area (Å²) in [6.45, 7) is 0.500. The predicted molar refractivity (Wildman–Crippen MR) is 130 cm³/mol. The van der Waals surface area contributed by atoms with E-state index in [4.69, 9.17) is 25.8 Å². The lowest BCUT2D eigenvalue weighted by Gasteiger charge is -2.30. The minimum absolute atomic E-state index is 0.0774. The first kappa shape index (κ1) is 25.7. The van der Waals surface area contributed by atoms with E-state index < -0.39 is 24.1 Å². The molecule has 7 heteroatoms. The lowest BCUT2D eigenvalue weighted by Crippen LogP contribution is -2.44. The van der Waals surface area contributed by atoms with Crippen LogP contribution < -0.4 is 0 Å². The fourth-order valence-corrected chi connectivity index (χ4v) is 3.45. The SMILES string of the molecule is OC=C(O)[C@@H](OCc1ccccc1)[C@H](OCc1ccccc1)[C@H](O)COCc1ccc(Cl)cc1. The summed E-state index contributed by atoms with van der Waals surface area (Å²) in [5.41, 5.74) is 2.65. The molecule has 0 saturated heterocycles. The van der Waals surface area contributed by atoms with Gasteiger partial charge >= 0.3 is 0 Å². The first-order chi connectivity index (χ1) is 16.6. The zero-order valence-electron chi connectivity index (χ0n) is 18.7. The van der Waals surface area contributed by atoms with Gasteiger partial charge in [0.2, 0.25) is 0 Å². The van der Waals surface area contributed by atoms with Gasteiger partial charge in [0.05, 0.1) is 26.4 Å². The molecule has 0 aliphatic heterocycles. The monoisotopic (exact) mass is 484 g/mol. The van der Waals surface area contributed by atoms with E-state index in [0.29, 0.717) is 11.3 Å². The summed E-state index contributed by atoms with van der Waals surface area (Å²) < 4.78 is 17.6. The highest BCUT2D eigenvalue weighted by Crippen LogP contribution is 2.20. The van der Waals surface area contributed by atoms with Crippen molar-refractivity contribution in [2.75, 3.05) is 6.61 Å². The highest BCUT2D eigenvalue weighted by Gasteiger charge is 2.34. The number of halogens is 1. The number of aliphatic hydroxyl groups is 3. The van der Waals surface area contributed by atoms with Gasteiger partial charge in [-0.2, -0.15) is 0 Å². The molecule has 6 nitrogen and oxygen atoms in total. The summed E-state index contributed by atoms with van der Waals surface area (Å²) >= 11 is 5.91. The van der Waals surface area contributed by atoms with E-state index in [9.17, 15) is 15.3 Å². The number of hydrogen-bond acceptors (Lipinski definition) is 6. The van der Waals surface area contributed by atoms with Gasteiger partial charge in [-0.1, -0.05) is 84.4 Å². The molecule has 3 aromatic carbocycles. The lowest BCUT2D eigenvalue weighted by molar-refractivity contribution is -0.145. The molecule has 0 heterocycles. The van der Waals surface area contributed by atoms with Crippen molar-refractivity contribution in [1.29, 1.82) is 0 Å². The molecule has 3 atom stereocenters. The van der Waals surface area contributed by atoms with Gasteiger partial charge in [-0.05, 0) is 28.8 Å². The Morgan fingerprint density at radius 3 is 1.85 bits per heavy atom. The first-order valence-electron chi connectivity index (χ1n) is 10.9. The summed E-state index contributed by atoms with van der Waals surface area (Å²) in [4.78, 5) is 0. The molecule has 0 saturated carbocycles. The molecule has 3 rings (SSSR count). The molecule has 3 N–H and O–H groups in total. The average molecular weight is 485 g/mol. The maximum absolute atomic E-state index is 11.0. The number of ether oxygens (including phenoxy) is 3. The summed E-state index contributed by atoms with van der Waals surface area (Å²) in [6, 6.07) is 26.0. The first-order valence-corrected chi connectivity index (χ1v) is 11.3. The highest BCUT2D eigenvalue weighted by molar-refractivity contribution is 6.30. The smallest absolute Gasteiger partial charge is 0.158 e. The Hall–Kier alpha value is -2.87. The minimum Gasteiger partial charge on any atom is -0.512 e. The van der Waals surface area contributed by atoms with Gasteiger partial charge in [-0.15, -0.1) is 0 Å². The van der Waals surface area contributed by atoms with E-state index in [1.54, 1.807) is 12.1 Å². The van der Waals surface area contributed by atoms with E-state index in [1.807, 2.05) is 72.8 Å². The van der Waals surface area contributed by atoms with Crippen molar-refractivity contribution < 1.29 is 29.5 Å². The molecule has 0 aliphatic rings. The van der Waals surface area contributed by atoms with Crippen LogP contribution in [0.15, 0.2) is 97.0 Å². The Bertz CT molecular complexity index is 995. The lowest BCUT2D eigenvalue weighted by atomic mass is 10.1. The number of hydrogen-bond donors (Lipinski definition) is 3. The molecule has 0 aliphatic carbocycles. The van der Waals surface area contributed by atoms with Crippen LogP contribution in [0, 0.1) is 0 Å². The second-order valence-corrected chi connectivity index (χ2v) is 8.18. The molecule has 0 unspecified atom stereocenters. The molecule has 0 aromatic heterocycles. The summed E-state index contributed by atoms with van der Waals surface area (Å²) in [7, 11) is 0. The Labute approximate surface area is 204 Å². The third-order valence-corrected chi connectivity index (χ3v) is 5.38. The molecular formula is C27H29ClO6. The van der Waals surface area contributed by atoms with Crippen LogP contribution in [-0.4, -0.2) is 40.2 Å². The molecule has 3 aromatic rings.